The SMILES string of the molecule is Cc1cc(Cl)ccc1C(=O)Nc1nc(C2CCNCC2)nn1C.Cl. The first-order valence-electron chi connectivity index (χ1n) is 7.74. The smallest absolute Gasteiger partial charge is 0.258 e. The Morgan fingerprint density at radius 1 is 1.38 bits per heavy atom. The van der Waals surface area contributed by atoms with Crippen molar-refractivity contribution >= 4 is 35.9 Å². The van der Waals surface area contributed by atoms with Gasteiger partial charge in [0.2, 0.25) is 5.95 Å². The summed E-state index contributed by atoms with van der Waals surface area (Å²) in [5.74, 6) is 1.42. The second-order valence-electron chi connectivity index (χ2n) is 5.85. The predicted octanol–water partition coefficient (Wildman–Crippen LogP) is 2.92. The van der Waals surface area contributed by atoms with E-state index in [1.165, 1.54) is 0 Å². The van der Waals surface area contributed by atoms with Crippen molar-refractivity contribution in [3.8, 4) is 0 Å². The van der Waals surface area contributed by atoms with Crippen LogP contribution in [0.2, 0.25) is 5.02 Å². The van der Waals surface area contributed by atoms with Crippen molar-refractivity contribution in [3.05, 3.63) is 40.2 Å². The molecule has 2 N–H and O–H groups in total. The maximum atomic E-state index is 12.4. The molecule has 1 aromatic heterocycles. The van der Waals surface area contributed by atoms with Gasteiger partial charge in [-0.25, -0.2) is 4.68 Å². The Labute approximate surface area is 152 Å². The number of carbonyl (C=O) groups excluding carboxylic acids is 1. The monoisotopic (exact) mass is 369 g/mol. The molecule has 0 radical (unpaired) electrons. The van der Waals surface area contributed by atoms with Crippen LogP contribution in [-0.2, 0) is 7.05 Å². The van der Waals surface area contributed by atoms with Crippen molar-refractivity contribution in [1.29, 1.82) is 0 Å². The van der Waals surface area contributed by atoms with E-state index in [2.05, 4.69) is 20.7 Å². The van der Waals surface area contributed by atoms with Crippen LogP contribution in [-0.4, -0.2) is 33.8 Å². The molecular weight excluding hydrogens is 349 g/mol. The highest BCUT2D eigenvalue weighted by atomic mass is 35.5. The highest BCUT2D eigenvalue weighted by Crippen LogP contribution is 2.23. The van der Waals surface area contributed by atoms with Crippen LogP contribution in [0.15, 0.2) is 18.2 Å². The number of aromatic nitrogens is 3. The van der Waals surface area contributed by atoms with Gasteiger partial charge in [0.25, 0.3) is 5.91 Å². The Morgan fingerprint density at radius 3 is 2.75 bits per heavy atom. The number of halogens is 2. The van der Waals surface area contributed by atoms with Crippen LogP contribution in [0.5, 0.6) is 0 Å². The van der Waals surface area contributed by atoms with E-state index >= 15 is 0 Å². The van der Waals surface area contributed by atoms with Gasteiger partial charge in [-0.15, -0.1) is 12.4 Å². The number of piperidine rings is 1. The third-order valence-electron chi connectivity index (χ3n) is 4.14. The Kier molecular flexibility index (Phi) is 6.21. The van der Waals surface area contributed by atoms with Gasteiger partial charge >= 0.3 is 0 Å². The lowest BCUT2D eigenvalue weighted by Crippen LogP contribution is -2.27. The topological polar surface area (TPSA) is 71.8 Å². The van der Waals surface area contributed by atoms with E-state index in [1.807, 2.05) is 6.92 Å². The quantitative estimate of drug-likeness (QED) is 0.872. The fourth-order valence-corrected chi connectivity index (χ4v) is 3.04. The largest absolute Gasteiger partial charge is 0.317 e. The molecule has 1 fully saturated rings. The van der Waals surface area contributed by atoms with Crippen molar-refractivity contribution in [1.82, 2.24) is 20.1 Å². The van der Waals surface area contributed by atoms with Gasteiger partial charge in [0.05, 0.1) is 0 Å². The average Bonchev–Trinajstić information content (AvgIpc) is 2.89. The van der Waals surface area contributed by atoms with Gasteiger partial charge in [0.1, 0.15) is 0 Å². The minimum absolute atomic E-state index is 0. The summed E-state index contributed by atoms with van der Waals surface area (Å²) in [6.45, 7) is 3.82. The zero-order chi connectivity index (χ0) is 16.4. The van der Waals surface area contributed by atoms with Gasteiger partial charge < -0.3 is 5.32 Å². The minimum Gasteiger partial charge on any atom is -0.317 e. The lowest BCUT2D eigenvalue weighted by Gasteiger charge is -2.19. The molecule has 1 saturated heterocycles. The summed E-state index contributed by atoms with van der Waals surface area (Å²) < 4.78 is 1.63. The molecule has 1 aliphatic heterocycles. The van der Waals surface area contributed by atoms with E-state index in [1.54, 1.807) is 29.9 Å². The molecule has 2 aromatic rings. The molecule has 1 aliphatic rings. The van der Waals surface area contributed by atoms with Gasteiger partial charge in [-0.05, 0) is 56.6 Å². The highest BCUT2D eigenvalue weighted by Gasteiger charge is 2.21. The van der Waals surface area contributed by atoms with E-state index in [0.29, 0.717) is 22.5 Å². The molecule has 0 saturated carbocycles. The number of amides is 1. The van der Waals surface area contributed by atoms with Gasteiger partial charge in [0.15, 0.2) is 5.82 Å². The molecule has 130 valence electrons. The van der Waals surface area contributed by atoms with Gasteiger partial charge in [-0.1, -0.05) is 11.6 Å². The van der Waals surface area contributed by atoms with Crippen LogP contribution in [0.1, 0.15) is 40.5 Å². The average molecular weight is 370 g/mol. The minimum atomic E-state index is -0.202. The lowest BCUT2D eigenvalue weighted by atomic mass is 9.98. The van der Waals surface area contributed by atoms with Crippen LogP contribution in [0, 0.1) is 6.92 Å². The number of rotatable bonds is 3. The number of hydrogen-bond donors (Lipinski definition) is 2. The fraction of sp³-hybridized carbons (Fsp3) is 0.438. The fourth-order valence-electron chi connectivity index (χ4n) is 2.82. The normalized spacial score (nSPS) is 15.0. The number of carbonyl (C=O) groups is 1. The van der Waals surface area contributed by atoms with E-state index in [0.717, 1.165) is 37.3 Å². The van der Waals surface area contributed by atoms with Crippen LogP contribution in [0.25, 0.3) is 0 Å². The maximum absolute atomic E-state index is 12.4. The Balaban J connectivity index is 0.00000208. The number of nitrogens with one attached hydrogen (secondary N) is 2. The summed E-state index contributed by atoms with van der Waals surface area (Å²) in [6, 6.07) is 5.20. The van der Waals surface area contributed by atoms with Gasteiger partial charge in [-0.3, -0.25) is 10.1 Å². The first-order chi connectivity index (χ1) is 11.0. The molecule has 0 spiro atoms. The zero-order valence-corrected chi connectivity index (χ0v) is 15.2. The van der Waals surface area contributed by atoms with Crippen molar-refractivity contribution in [2.45, 2.75) is 25.7 Å². The number of hydrogen-bond acceptors (Lipinski definition) is 4. The molecule has 0 aliphatic carbocycles. The standard InChI is InChI=1S/C16H20ClN5O.ClH/c1-10-9-12(17)3-4-13(10)15(23)20-16-19-14(21-22(16)2)11-5-7-18-8-6-11;/h3-4,9,11,18H,5-8H2,1-2H3,(H,19,20,21,23);1H. The van der Waals surface area contributed by atoms with Crippen LogP contribution in [0.4, 0.5) is 5.95 Å². The first kappa shape index (κ1) is 18.7. The second kappa shape index (κ2) is 7.96. The maximum Gasteiger partial charge on any atom is 0.258 e. The van der Waals surface area contributed by atoms with Crippen LogP contribution < -0.4 is 10.6 Å². The molecule has 0 unspecified atom stereocenters. The molecule has 8 heteroatoms. The summed E-state index contributed by atoms with van der Waals surface area (Å²) in [7, 11) is 1.79. The number of benzene rings is 1. The summed E-state index contributed by atoms with van der Waals surface area (Å²) in [5, 5.41) is 11.2. The predicted molar refractivity (Wildman–Crippen MR) is 97.2 cm³/mol. The summed E-state index contributed by atoms with van der Waals surface area (Å²) >= 11 is 5.93. The Morgan fingerprint density at radius 2 is 2.08 bits per heavy atom. The summed E-state index contributed by atoms with van der Waals surface area (Å²) in [5.41, 5.74) is 1.41. The highest BCUT2D eigenvalue weighted by molar-refractivity contribution is 6.30. The Hall–Kier alpha value is -1.63. The summed E-state index contributed by atoms with van der Waals surface area (Å²) in [4.78, 5) is 17.0. The van der Waals surface area contributed by atoms with Crippen molar-refractivity contribution in [3.63, 3.8) is 0 Å². The van der Waals surface area contributed by atoms with E-state index in [9.17, 15) is 4.79 Å². The van der Waals surface area contributed by atoms with Crippen LogP contribution >= 0.6 is 24.0 Å². The zero-order valence-electron chi connectivity index (χ0n) is 13.7. The third kappa shape index (κ3) is 4.06. The molecule has 1 aromatic carbocycles. The van der Waals surface area contributed by atoms with Crippen molar-refractivity contribution in [2.24, 2.45) is 7.05 Å². The van der Waals surface area contributed by atoms with Gasteiger partial charge in [-0.2, -0.15) is 10.1 Å². The molecule has 24 heavy (non-hydrogen) atoms. The number of anilines is 1. The molecule has 1 amide bonds. The number of nitrogens with zero attached hydrogens (tertiary/aromatic N) is 3. The van der Waals surface area contributed by atoms with Gasteiger partial charge in [0, 0.05) is 23.6 Å². The summed E-state index contributed by atoms with van der Waals surface area (Å²) in [6.07, 6.45) is 2.04. The second-order valence-corrected chi connectivity index (χ2v) is 6.29. The lowest BCUT2D eigenvalue weighted by molar-refractivity contribution is 0.102. The molecule has 0 bridgehead atoms. The van der Waals surface area contributed by atoms with Crippen LogP contribution in [0.3, 0.4) is 0 Å². The third-order valence-corrected chi connectivity index (χ3v) is 4.38. The first-order valence-corrected chi connectivity index (χ1v) is 8.11. The molecule has 6 nitrogen and oxygen atoms in total. The van der Waals surface area contributed by atoms with E-state index in [4.69, 9.17) is 11.6 Å². The molecule has 3 rings (SSSR count). The molecular formula is C16H21Cl2N5O. The molecule has 0 atom stereocenters. The Bertz CT molecular complexity index is 725. The van der Waals surface area contributed by atoms with E-state index < -0.39 is 0 Å². The number of aryl methyl sites for hydroxylation is 2. The van der Waals surface area contributed by atoms with E-state index in [-0.39, 0.29) is 18.3 Å². The molecule has 2 heterocycles. The van der Waals surface area contributed by atoms with Crippen molar-refractivity contribution < 1.29 is 4.79 Å². The van der Waals surface area contributed by atoms with Crippen molar-refractivity contribution in [2.75, 3.05) is 18.4 Å².